The van der Waals surface area contributed by atoms with Crippen molar-refractivity contribution >= 4 is 16.9 Å². The van der Waals surface area contributed by atoms with Crippen LogP contribution in [0.5, 0.6) is 0 Å². The number of para-hydroxylation sites is 2. The molecule has 7 heteroatoms. The fraction of sp³-hybridized carbons (Fsp3) is 0.742. The van der Waals surface area contributed by atoms with Crippen LogP contribution in [-0.4, -0.2) is 82.6 Å². The van der Waals surface area contributed by atoms with E-state index in [-0.39, 0.29) is 29.6 Å². The van der Waals surface area contributed by atoms with Gasteiger partial charge in [-0.25, -0.2) is 4.79 Å². The predicted octanol–water partition coefficient (Wildman–Crippen LogP) is 4.60. The minimum atomic E-state index is -0.198. The third-order valence-electron chi connectivity index (χ3n) is 9.82. The zero-order chi connectivity index (χ0) is 26.6. The SMILES string of the molecule is CCn1c(=O)n([C@H]2CCN(CC3CCCCCCC3)C[C@@H]2C(=O)N(C)C2CCN(C)CC2)c2ccccc21. The molecule has 1 amide bonds. The van der Waals surface area contributed by atoms with Gasteiger partial charge in [-0.1, -0.05) is 44.2 Å². The first-order valence-corrected chi connectivity index (χ1v) is 15.3. The lowest BCUT2D eigenvalue weighted by Gasteiger charge is -2.43. The molecular weight excluding hydrogens is 474 g/mol. The van der Waals surface area contributed by atoms with Crippen molar-refractivity contribution in [3.8, 4) is 0 Å². The van der Waals surface area contributed by atoms with Crippen molar-refractivity contribution in [1.29, 1.82) is 0 Å². The van der Waals surface area contributed by atoms with Crippen LogP contribution in [-0.2, 0) is 11.3 Å². The smallest absolute Gasteiger partial charge is 0.329 e. The second kappa shape index (κ2) is 12.4. The summed E-state index contributed by atoms with van der Waals surface area (Å²) in [5.41, 5.74) is 1.98. The highest BCUT2D eigenvalue weighted by atomic mass is 16.2. The minimum Gasteiger partial charge on any atom is -0.342 e. The number of rotatable bonds is 6. The molecule has 3 aliphatic rings. The van der Waals surface area contributed by atoms with Gasteiger partial charge in [0.25, 0.3) is 0 Å². The van der Waals surface area contributed by atoms with Gasteiger partial charge in [-0.2, -0.15) is 0 Å². The van der Waals surface area contributed by atoms with Crippen LogP contribution in [0.1, 0.15) is 77.2 Å². The molecule has 0 bridgehead atoms. The van der Waals surface area contributed by atoms with Crippen LogP contribution < -0.4 is 5.69 Å². The van der Waals surface area contributed by atoms with Crippen molar-refractivity contribution in [1.82, 2.24) is 23.8 Å². The number of likely N-dealkylation sites (tertiary alicyclic amines) is 2. The van der Waals surface area contributed by atoms with E-state index in [1.54, 1.807) is 0 Å². The molecule has 2 saturated heterocycles. The summed E-state index contributed by atoms with van der Waals surface area (Å²) in [6.07, 6.45) is 12.3. The largest absolute Gasteiger partial charge is 0.342 e. The van der Waals surface area contributed by atoms with Gasteiger partial charge in [-0.05, 0) is 77.2 Å². The summed E-state index contributed by atoms with van der Waals surface area (Å²) in [6.45, 7) is 7.56. The third-order valence-corrected chi connectivity index (χ3v) is 9.82. The number of carbonyl (C=O) groups is 1. The van der Waals surface area contributed by atoms with Crippen molar-refractivity contribution in [2.45, 2.75) is 89.8 Å². The van der Waals surface area contributed by atoms with Gasteiger partial charge in [0.05, 0.1) is 23.0 Å². The van der Waals surface area contributed by atoms with E-state index < -0.39 is 0 Å². The van der Waals surface area contributed by atoms with Crippen LogP contribution in [0.3, 0.4) is 0 Å². The quantitative estimate of drug-likeness (QED) is 0.555. The molecule has 3 fully saturated rings. The molecule has 3 heterocycles. The zero-order valence-electron chi connectivity index (χ0n) is 24.0. The normalized spacial score (nSPS) is 25.3. The molecule has 7 nitrogen and oxygen atoms in total. The molecular formula is C31H49N5O2. The standard InChI is InChI=1S/C31H49N5O2/c1-4-35-28-14-10-11-15-29(28)36(31(35)38)27-18-21-34(22-24-12-8-6-5-7-9-13-24)23-26(27)30(37)33(3)25-16-19-32(2)20-17-25/h10-11,14-15,24-27H,4-9,12-13,16-23H2,1-3H3/t26-,27-/m0/s1. The van der Waals surface area contributed by atoms with E-state index in [4.69, 9.17) is 0 Å². The van der Waals surface area contributed by atoms with Crippen molar-refractivity contribution in [3.63, 3.8) is 0 Å². The topological polar surface area (TPSA) is 53.7 Å². The average molecular weight is 524 g/mol. The Balaban J connectivity index is 1.43. The molecule has 0 unspecified atom stereocenters. The van der Waals surface area contributed by atoms with E-state index >= 15 is 0 Å². The van der Waals surface area contributed by atoms with Gasteiger partial charge in [0.2, 0.25) is 5.91 Å². The fourth-order valence-corrected chi connectivity index (χ4v) is 7.50. The van der Waals surface area contributed by atoms with Crippen molar-refractivity contribution in [3.05, 3.63) is 34.7 Å². The second-order valence-electron chi connectivity index (χ2n) is 12.3. The van der Waals surface area contributed by atoms with Crippen molar-refractivity contribution in [2.75, 3.05) is 46.8 Å². The van der Waals surface area contributed by atoms with Gasteiger partial charge in [0.1, 0.15) is 0 Å². The molecule has 2 aromatic rings. The number of amides is 1. The molecule has 1 saturated carbocycles. The Kier molecular flexibility index (Phi) is 8.94. The molecule has 0 N–H and O–H groups in total. The summed E-state index contributed by atoms with van der Waals surface area (Å²) >= 11 is 0. The van der Waals surface area contributed by atoms with Gasteiger partial charge in [-0.15, -0.1) is 0 Å². The van der Waals surface area contributed by atoms with Gasteiger partial charge >= 0.3 is 5.69 Å². The van der Waals surface area contributed by atoms with E-state index in [0.29, 0.717) is 6.54 Å². The second-order valence-corrected chi connectivity index (χ2v) is 12.3. The maximum absolute atomic E-state index is 14.3. The maximum Gasteiger partial charge on any atom is 0.329 e. The van der Waals surface area contributed by atoms with Gasteiger partial charge in [0.15, 0.2) is 0 Å². The molecule has 1 aromatic heterocycles. The lowest BCUT2D eigenvalue weighted by Crippen LogP contribution is -2.53. The number of nitrogens with zero attached hydrogens (tertiary/aromatic N) is 5. The molecule has 1 aromatic carbocycles. The van der Waals surface area contributed by atoms with Crippen LogP contribution in [0, 0.1) is 11.8 Å². The monoisotopic (exact) mass is 523 g/mol. The van der Waals surface area contributed by atoms with Gasteiger partial charge in [-0.3, -0.25) is 13.9 Å². The summed E-state index contributed by atoms with van der Waals surface area (Å²) in [5, 5.41) is 0. The Hall–Kier alpha value is -2.12. The average Bonchev–Trinajstić information content (AvgIpc) is 3.20. The maximum atomic E-state index is 14.3. The number of fused-ring (bicyclic) bond motifs is 1. The molecule has 210 valence electrons. The molecule has 2 aliphatic heterocycles. The number of carbonyl (C=O) groups excluding carboxylic acids is 1. The summed E-state index contributed by atoms with van der Waals surface area (Å²) < 4.78 is 3.86. The lowest BCUT2D eigenvalue weighted by molar-refractivity contribution is -0.141. The number of hydrogen-bond donors (Lipinski definition) is 0. The first kappa shape index (κ1) is 27.4. The zero-order valence-corrected chi connectivity index (χ0v) is 24.0. The summed E-state index contributed by atoms with van der Waals surface area (Å²) in [5.74, 6) is 0.766. The Bertz CT molecular complexity index is 1120. The fourth-order valence-electron chi connectivity index (χ4n) is 7.50. The molecule has 1 aliphatic carbocycles. The third kappa shape index (κ3) is 5.74. The van der Waals surface area contributed by atoms with Crippen LogP contribution in [0.2, 0.25) is 0 Å². The number of imidazole rings is 1. The van der Waals surface area contributed by atoms with Crippen LogP contribution in [0.4, 0.5) is 0 Å². The Morgan fingerprint density at radius 2 is 1.58 bits per heavy atom. The number of benzene rings is 1. The first-order valence-electron chi connectivity index (χ1n) is 15.3. The van der Waals surface area contributed by atoms with Gasteiger partial charge in [0, 0.05) is 39.3 Å². The summed E-state index contributed by atoms with van der Waals surface area (Å²) in [7, 11) is 4.18. The van der Waals surface area contributed by atoms with E-state index in [0.717, 1.165) is 68.9 Å². The predicted molar refractivity (Wildman–Crippen MR) is 155 cm³/mol. The van der Waals surface area contributed by atoms with Crippen LogP contribution in [0.25, 0.3) is 11.0 Å². The Labute approximate surface area is 228 Å². The molecule has 2 atom stereocenters. The Morgan fingerprint density at radius 1 is 0.921 bits per heavy atom. The van der Waals surface area contributed by atoms with E-state index in [1.807, 2.05) is 46.2 Å². The number of aromatic nitrogens is 2. The van der Waals surface area contributed by atoms with E-state index in [9.17, 15) is 9.59 Å². The molecule has 38 heavy (non-hydrogen) atoms. The summed E-state index contributed by atoms with van der Waals surface area (Å²) in [6, 6.07) is 8.31. The van der Waals surface area contributed by atoms with Crippen molar-refractivity contribution in [2.24, 2.45) is 11.8 Å². The first-order chi connectivity index (χ1) is 18.5. The lowest BCUT2D eigenvalue weighted by atomic mass is 9.86. The van der Waals surface area contributed by atoms with Crippen LogP contribution in [0.15, 0.2) is 29.1 Å². The highest BCUT2D eigenvalue weighted by Crippen LogP contribution is 2.34. The minimum absolute atomic E-state index is 0.0342. The number of hydrogen-bond acceptors (Lipinski definition) is 4. The number of aryl methyl sites for hydroxylation is 1. The Morgan fingerprint density at radius 3 is 2.26 bits per heavy atom. The van der Waals surface area contributed by atoms with Crippen LogP contribution >= 0.6 is 0 Å². The summed E-state index contributed by atoms with van der Waals surface area (Å²) in [4.78, 5) is 35.0. The highest BCUT2D eigenvalue weighted by Gasteiger charge is 2.40. The van der Waals surface area contributed by atoms with E-state index in [2.05, 4.69) is 22.9 Å². The van der Waals surface area contributed by atoms with E-state index in [1.165, 1.54) is 44.9 Å². The molecule has 5 rings (SSSR count). The van der Waals surface area contributed by atoms with Crippen molar-refractivity contribution < 1.29 is 4.79 Å². The molecule has 0 radical (unpaired) electrons. The molecule has 0 spiro atoms. The highest BCUT2D eigenvalue weighted by molar-refractivity contribution is 5.81. The number of piperidine rings is 2. The van der Waals surface area contributed by atoms with Gasteiger partial charge < -0.3 is 14.7 Å².